The van der Waals surface area contributed by atoms with E-state index in [1.807, 2.05) is 0 Å². The molecule has 3 N–H and O–H groups in total. The molecule has 3 atom stereocenters. The summed E-state index contributed by atoms with van der Waals surface area (Å²) in [4.78, 5) is 24.7. The summed E-state index contributed by atoms with van der Waals surface area (Å²) in [6, 6.07) is 12.5. The number of alkyl halides is 3. The van der Waals surface area contributed by atoms with E-state index in [0.29, 0.717) is 0 Å². The van der Waals surface area contributed by atoms with Crippen LogP contribution >= 0.6 is 0 Å². The number of Topliss-reactive ketones (excluding diaryl/α,β-unsaturated/α-hetero) is 1. The van der Waals surface area contributed by atoms with Crippen molar-refractivity contribution in [3.63, 3.8) is 0 Å². The van der Waals surface area contributed by atoms with Crippen LogP contribution in [0.1, 0.15) is 22.0 Å². The van der Waals surface area contributed by atoms with Crippen LogP contribution in [-0.2, 0) is 0 Å². The third-order valence-electron chi connectivity index (χ3n) is 4.31. The minimum absolute atomic E-state index is 0.000875. The third-order valence-corrected chi connectivity index (χ3v) is 4.31. The molecule has 0 aromatic heterocycles. The van der Waals surface area contributed by atoms with Crippen LogP contribution in [0.5, 0.6) is 0 Å². The smallest absolute Gasteiger partial charge is 0.363 e. The van der Waals surface area contributed by atoms with E-state index < -0.39 is 35.7 Å². The van der Waals surface area contributed by atoms with E-state index in [4.69, 9.17) is 0 Å². The summed E-state index contributed by atoms with van der Waals surface area (Å²) in [7, 11) is 0. The lowest BCUT2D eigenvalue weighted by Gasteiger charge is -2.45. The summed E-state index contributed by atoms with van der Waals surface area (Å²) in [5.74, 6) is -2.95. The monoisotopic (exact) mass is 364 g/mol. The molecule has 0 bridgehead atoms. The van der Waals surface area contributed by atoms with Crippen molar-refractivity contribution in [3.8, 4) is 0 Å². The molecule has 2 amide bonds. The van der Waals surface area contributed by atoms with Crippen molar-refractivity contribution in [3.05, 3.63) is 71.8 Å². The predicted octanol–water partition coefficient (Wildman–Crippen LogP) is 2.79. The van der Waals surface area contributed by atoms with Gasteiger partial charge in [-0.2, -0.15) is 13.2 Å². The number of rotatable bonds is 3. The average Bonchev–Trinajstić information content (AvgIpc) is 2.61. The Hall–Kier alpha value is -2.87. The van der Waals surface area contributed by atoms with Gasteiger partial charge in [-0.25, -0.2) is 4.79 Å². The number of hydrogen-bond acceptors (Lipinski definition) is 3. The van der Waals surface area contributed by atoms with Crippen LogP contribution in [0.4, 0.5) is 18.0 Å². The summed E-state index contributed by atoms with van der Waals surface area (Å²) in [5.41, 5.74) is -3.43. The minimum Gasteiger partial charge on any atom is -0.363 e. The number of ketones is 1. The number of benzene rings is 2. The number of aliphatic hydroxyl groups is 1. The van der Waals surface area contributed by atoms with Crippen LogP contribution in [0.15, 0.2) is 60.7 Å². The molecule has 1 saturated heterocycles. The van der Waals surface area contributed by atoms with Gasteiger partial charge in [0.15, 0.2) is 5.78 Å². The van der Waals surface area contributed by atoms with Crippen molar-refractivity contribution in [1.29, 1.82) is 0 Å². The van der Waals surface area contributed by atoms with Crippen LogP contribution in [0, 0.1) is 5.92 Å². The number of urea groups is 1. The third kappa shape index (κ3) is 3.03. The zero-order chi connectivity index (χ0) is 18.9. The van der Waals surface area contributed by atoms with Gasteiger partial charge < -0.3 is 15.7 Å². The number of amides is 2. The molecule has 1 fully saturated rings. The Kier molecular flexibility index (Phi) is 4.45. The lowest BCUT2D eigenvalue weighted by Crippen LogP contribution is -2.72. The van der Waals surface area contributed by atoms with Crippen molar-refractivity contribution < 1.29 is 27.9 Å². The highest BCUT2D eigenvalue weighted by Crippen LogP contribution is 2.43. The molecular weight excluding hydrogens is 349 g/mol. The first kappa shape index (κ1) is 17.9. The van der Waals surface area contributed by atoms with Gasteiger partial charge in [0.1, 0.15) is 5.92 Å². The van der Waals surface area contributed by atoms with E-state index in [1.165, 1.54) is 41.7 Å². The van der Waals surface area contributed by atoms with Gasteiger partial charge in [0.05, 0.1) is 6.04 Å². The maximum atomic E-state index is 13.7. The molecule has 8 heteroatoms. The number of carbonyl (C=O) groups excluding carboxylic acids is 2. The number of nitrogens with one attached hydrogen (secondary N) is 2. The zero-order valence-electron chi connectivity index (χ0n) is 13.3. The first-order chi connectivity index (χ1) is 12.2. The molecule has 136 valence electrons. The van der Waals surface area contributed by atoms with E-state index >= 15 is 0 Å². The fourth-order valence-corrected chi connectivity index (χ4v) is 3.06. The van der Waals surface area contributed by atoms with E-state index in [1.54, 1.807) is 24.3 Å². The Morgan fingerprint density at radius 1 is 1.00 bits per heavy atom. The molecule has 1 aliphatic rings. The standard InChI is InChI=1S/C18H15F3N2O3/c19-18(20,21)17(26)13(15(24)12-9-5-2-6-10-12)14(22-16(25)23-17)11-7-3-1-4-8-11/h1-10,13-14,26H,(H2,22,23,25)/t13-,14-,17+/m1/s1. The van der Waals surface area contributed by atoms with Crippen LogP contribution in [0.3, 0.4) is 0 Å². The van der Waals surface area contributed by atoms with Crippen molar-refractivity contribution >= 4 is 11.8 Å². The van der Waals surface area contributed by atoms with Gasteiger partial charge >= 0.3 is 12.2 Å². The summed E-state index contributed by atoms with van der Waals surface area (Å²) in [6.45, 7) is 0. The number of halogens is 3. The Balaban J connectivity index is 2.15. The first-order valence-corrected chi connectivity index (χ1v) is 7.76. The van der Waals surface area contributed by atoms with Gasteiger partial charge in [-0.1, -0.05) is 60.7 Å². The fraction of sp³-hybridized carbons (Fsp3) is 0.222. The summed E-state index contributed by atoms with van der Waals surface area (Å²) < 4.78 is 41.0. The second kappa shape index (κ2) is 6.45. The van der Waals surface area contributed by atoms with Gasteiger partial charge in [0.25, 0.3) is 0 Å². The lowest BCUT2D eigenvalue weighted by molar-refractivity contribution is -0.287. The Morgan fingerprint density at radius 3 is 2.08 bits per heavy atom. The Morgan fingerprint density at radius 2 is 1.54 bits per heavy atom. The van der Waals surface area contributed by atoms with E-state index in [-0.39, 0.29) is 11.1 Å². The van der Waals surface area contributed by atoms with Crippen LogP contribution in [0.2, 0.25) is 0 Å². The molecule has 5 nitrogen and oxygen atoms in total. The summed E-state index contributed by atoms with van der Waals surface area (Å²) in [5, 5.41) is 14.2. The van der Waals surface area contributed by atoms with Gasteiger partial charge in [-0.3, -0.25) is 4.79 Å². The van der Waals surface area contributed by atoms with Crippen molar-refractivity contribution in [2.24, 2.45) is 5.92 Å². The van der Waals surface area contributed by atoms with E-state index in [2.05, 4.69) is 5.32 Å². The molecule has 0 aliphatic carbocycles. The van der Waals surface area contributed by atoms with Crippen LogP contribution < -0.4 is 10.6 Å². The molecular formula is C18H15F3N2O3. The second-order valence-corrected chi connectivity index (χ2v) is 5.96. The van der Waals surface area contributed by atoms with Crippen LogP contribution in [0.25, 0.3) is 0 Å². The SMILES string of the molecule is O=C1N[C@H](c2ccccc2)[C@H](C(=O)c2ccccc2)[C@](O)(C(F)(F)F)N1. The molecule has 2 aromatic rings. The van der Waals surface area contributed by atoms with Gasteiger partial charge in [0.2, 0.25) is 5.72 Å². The van der Waals surface area contributed by atoms with Gasteiger partial charge in [-0.05, 0) is 5.56 Å². The quantitative estimate of drug-likeness (QED) is 0.733. The zero-order valence-corrected chi connectivity index (χ0v) is 13.3. The molecule has 1 aliphatic heterocycles. The van der Waals surface area contributed by atoms with E-state index in [0.717, 1.165) is 0 Å². The predicted molar refractivity (Wildman–Crippen MR) is 86.1 cm³/mol. The molecule has 1 heterocycles. The highest BCUT2D eigenvalue weighted by Gasteiger charge is 2.66. The maximum absolute atomic E-state index is 13.7. The normalized spacial score (nSPS) is 25.9. The molecule has 0 radical (unpaired) electrons. The number of hydrogen-bond donors (Lipinski definition) is 3. The van der Waals surface area contributed by atoms with E-state index in [9.17, 15) is 27.9 Å². The Labute approximate surface area is 146 Å². The minimum atomic E-state index is -5.26. The van der Waals surface area contributed by atoms with Crippen molar-refractivity contribution in [2.45, 2.75) is 17.9 Å². The first-order valence-electron chi connectivity index (χ1n) is 7.76. The second-order valence-electron chi connectivity index (χ2n) is 5.96. The van der Waals surface area contributed by atoms with Crippen molar-refractivity contribution in [1.82, 2.24) is 10.6 Å². The average molecular weight is 364 g/mol. The summed E-state index contributed by atoms with van der Waals surface area (Å²) >= 11 is 0. The molecule has 26 heavy (non-hydrogen) atoms. The largest absolute Gasteiger partial charge is 0.437 e. The van der Waals surface area contributed by atoms with Gasteiger partial charge in [-0.15, -0.1) is 0 Å². The molecule has 3 rings (SSSR count). The highest BCUT2D eigenvalue weighted by molar-refractivity contribution is 6.00. The summed E-state index contributed by atoms with van der Waals surface area (Å²) in [6.07, 6.45) is -5.26. The molecule has 0 unspecified atom stereocenters. The van der Waals surface area contributed by atoms with Crippen LogP contribution in [-0.4, -0.2) is 28.8 Å². The molecule has 0 saturated carbocycles. The molecule has 2 aromatic carbocycles. The van der Waals surface area contributed by atoms with Gasteiger partial charge in [0, 0.05) is 5.56 Å². The molecule has 0 spiro atoms. The fourth-order valence-electron chi connectivity index (χ4n) is 3.06. The maximum Gasteiger partial charge on any atom is 0.437 e. The topological polar surface area (TPSA) is 78.4 Å². The highest BCUT2D eigenvalue weighted by atomic mass is 19.4. The Bertz CT molecular complexity index is 811. The lowest BCUT2D eigenvalue weighted by atomic mass is 9.77. The van der Waals surface area contributed by atoms with Crippen molar-refractivity contribution in [2.75, 3.05) is 0 Å². The number of carbonyl (C=O) groups is 2.